The summed E-state index contributed by atoms with van der Waals surface area (Å²) in [5.74, 6) is -0.185. The Hall–Kier alpha value is -1.72. The van der Waals surface area contributed by atoms with Crippen molar-refractivity contribution in [3.05, 3.63) is 45.2 Å². The molecule has 16 heavy (non-hydrogen) atoms. The molecule has 84 valence electrons. The van der Waals surface area contributed by atoms with Gasteiger partial charge in [-0.3, -0.25) is 9.89 Å². The van der Waals surface area contributed by atoms with Crippen molar-refractivity contribution in [1.82, 2.24) is 9.78 Å². The Labute approximate surface area is 96.1 Å². The highest BCUT2D eigenvalue weighted by Crippen LogP contribution is 2.20. The summed E-state index contributed by atoms with van der Waals surface area (Å²) < 4.78 is 1.25. The summed E-state index contributed by atoms with van der Waals surface area (Å²) >= 11 is 5.82. The van der Waals surface area contributed by atoms with Crippen molar-refractivity contribution in [2.24, 2.45) is 5.73 Å². The van der Waals surface area contributed by atoms with Crippen LogP contribution in [0.5, 0.6) is 5.88 Å². The molecule has 0 saturated carbocycles. The number of nitrogens with two attached hydrogens (primary N) is 1. The maximum Gasteiger partial charge on any atom is 0.272 e. The molecule has 0 aliphatic rings. The highest BCUT2D eigenvalue weighted by Gasteiger charge is 2.13. The van der Waals surface area contributed by atoms with Gasteiger partial charge in [0.25, 0.3) is 5.56 Å². The van der Waals surface area contributed by atoms with E-state index in [2.05, 4.69) is 5.10 Å². The minimum absolute atomic E-state index is 0.0191. The molecule has 2 rings (SSSR count). The molecule has 1 heterocycles. The van der Waals surface area contributed by atoms with Gasteiger partial charge in [0.15, 0.2) is 0 Å². The lowest BCUT2D eigenvalue weighted by molar-refractivity contribution is 0.428. The summed E-state index contributed by atoms with van der Waals surface area (Å²) in [6, 6.07) is 6.75. The first-order valence-electron chi connectivity index (χ1n) is 4.62. The van der Waals surface area contributed by atoms with Gasteiger partial charge in [0.05, 0.1) is 11.3 Å². The van der Waals surface area contributed by atoms with Crippen LogP contribution in [0.15, 0.2) is 29.1 Å². The van der Waals surface area contributed by atoms with Gasteiger partial charge < -0.3 is 10.8 Å². The molecule has 0 aliphatic carbocycles. The number of nitrogens with zero attached hydrogens (tertiary/aromatic N) is 1. The van der Waals surface area contributed by atoms with E-state index in [1.807, 2.05) is 0 Å². The second-order valence-corrected chi connectivity index (χ2v) is 3.70. The monoisotopic (exact) mass is 239 g/mol. The highest BCUT2D eigenvalue weighted by atomic mass is 35.5. The maximum absolute atomic E-state index is 11.4. The van der Waals surface area contributed by atoms with Crippen LogP contribution in [0.4, 0.5) is 0 Å². The lowest BCUT2D eigenvalue weighted by Crippen LogP contribution is -2.10. The predicted octanol–water partition coefficient (Wildman–Crippen LogP) is 0.983. The normalized spacial score (nSPS) is 10.6. The fourth-order valence-electron chi connectivity index (χ4n) is 1.44. The number of aromatic nitrogens is 2. The van der Waals surface area contributed by atoms with Gasteiger partial charge >= 0.3 is 0 Å². The van der Waals surface area contributed by atoms with E-state index in [1.54, 1.807) is 24.3 Å². The topological polar surface area (TPSA) is 84.0 Å². The third kappa shape index (κ3) is 1.70. The summed E-state index contributed by atoms with van der Waals surface area (Å²) in [7, 11) is 0. The molecule has 4 N–H and O–H groups in total. The van der Waals surface area contributed by atoms with Crippen LogP contribution >= 0.6 is 11.6 Å². The van der Waals surface area contributed by atoms with Crippen LogP contribution in [0.1, 0.15) is 5.56 Å². The molecule has 0 radical (unpaired) electrons. The van der Waals surface area contributed by atoms with Gasteiger partial charge in [0.1, 0.15) is 0 Å². The van der Waals surface area contributed by atoms with Crippen molar-refractivity contribution in [1.29, 1.82) is 0 Å². The molecular weight excluding hydrogens is 230 g/mol. The predicted molar refractivity (Wildman–Crippen MR) is 61.0 cm³/mol. The van der Waals surface area contributed by atoms with E-state index in [-0.39, 0.29) is 18.0 Å². The minimum Gasteiger partial charge on any atom is -0.493 e. The van der Waals surface area contributed by atoms with E-state index in [0.717, 1.165) is 0 Å². The summed E-state index contributed by atoms with van der Waals surface area (Å²) in [5, 5.41) is 12.8. The average molecular weight is 240 g/mol. The smallest absolute Gasteiger partial charge is 0.272 e. The third-order valence-electron chi connectivity index (χ3n) is 2.24. The second-order valence-electron chi connectivity index (χ2n) is 3.26. The van der Waals surface area contributed by atoms with E-state index in [9.17, 15) is 9.90 Å². The second kappa shape index (κ2) is 4.03. The quantitative estimate of drug-likeness (QED) is 0.731. The van der Waals surface area contributed by atoms with Gasteiger partial charge in [-0.2, -0.15) is 0 Å². The number of benzene rings is 1. The van der Waals surface area contributed by atoms with Crippen LogP contribution in [0, 0.1) is 0 Å². The van der Waals surface area contributed by atoms with Crippen LogP contribution in [0.3, 0.4) is 0 Å². The number of nitrogens with one attached hydrogen (secondary N) is 1. The van der Waals surface area contributed by atoms with Gasteiger partial charge in [0, 0.05) is 11.6 Å². The van der Waals surface area contributed by atoms with Gasteiger partial charge in [-0.1, -0.05) is 17.7 Å². The number of rotatable bonds is 2. The molecule has 0 unspecified atom stereocenters. The molecule has 6 heteroatoms. The first-order chi connectivity index (χ1) is 7.63. The van der Waals surface area contributed by atoms with Crippen molar-refractivity contribution in [3.8, 4) is 11.6 Å². The van der Waals surface area contributed by atoms with Crippen molar-refractivity contribution in [2.45, 2.75) is 6.54 Å². The molecule has 0 aliphatic heterocycles. The fraction of sp³-hybridized carbons (Fsp3) is 0.100. The lowest BCUT2D eigenvalue weighted by Gasteiger charge is -2.04. The van der Waals surface area contributed by atoms with Crippen LogP contribution < -0.4 is 11.3 Å². The molecule has 0 spiro atoms. The van der Waals surface area contributed by atoms with E-state index in [0.29, 0.717) is 10.7 Å². The number of aromatic amines is 1. The number of hydrogen-bond donors (Lipinski definition) is 3. The van der Waals surface area contributed by atoms with Crippen molar-refractivity contribution < 1.29 is 5.11 Å². The lowest BCUT2D eigenvalue weighted by atomic mass is 10.3. The summed E-state index contributed by atoms with van der Waals surface area (Å²) in [6.07, 6.45) is 0. The van der Waals surface area contributed by atoms with Gasteiger partial charge in [0.2, 0.25) is 5.88 Å². The molecule has 1 aromatic heterocycles. The van der Waals surface area contributed by atoms with E-state index >= 15 is 0 Å². The van der Waals surface area contributed by atoms with Gasteiger partial charge in [-0.05, 0) is 18.2 Å². The zero-order valence-corrected chi connectivity index (χ0v) is 9.03. The number of halogens is 1. The zero-order chi connectivity index (χ0) is 11.7. The Kier molecular flexibility index (Phi) is 2.72. The average Bonchev–Trinajstić information content (AvgIpc) is 2.54. The van der Waals surface area contributed by atoms with E-state index < -0.39 is 5.56 Å². The van der Waals surface area contributed by atoms with Crippen LogP contribution in [-0.4, -0.2) is 14.9 Å². The highest BCUT2D eigenvalue weighted by molar-refractivity contribution is 6.30. The molecule has 0 fully saturated rings. The van der Waals surface area contributed by atoms with Gasteiger partial charge in [-0.15, -0.1) is 0 Å². The zero-order valence-electron chi connectivity index (χ0n) is 8.27. The fourth-order valence-corrected chi connectivity index (χ4v) is 1.63. The summed E-state index contributed by atoms with van der Waals surface area (Å²) in [5.41, 5.74) is 5.67. The Morgan fingerprint density at radius 1 is 1.50 bits per heavy atom. The summed E-state index contributed by atoms with van der Waals surface area (Å²) in [4.78, 5) is 11.4. The summed E-state index contributed by atoms with van der Waals surface area (Å²) in [6.45, 7) is -0.0191. The number of hydrogen-bond acceptors (Lipinski definition) is 3. The van der Waals surface area contributed by atoms with E-state index in [4.69, 9.17) is 17.3 Å². The largest absolute Gasteiger partial charge is 0.493 e. The van der Waals surface area contributed by atoms with Gasteiger partial charge in [-0.25, -0.2) is 4.68 Å². The first-order valence-corrected chi connectivity index (χ1v) is 5.00. The van der Waals surface area contributed by atoms with Crippen LogP contribution in [-0.2, 0) is 6.54 Å². The number of H-pyrrole nitrogens is 1. The molecule has 0 saturated heterocycles. The molecular formula is C10H10ClN3O2. The SMILES string of the molecule is NCc1c(O)n(-c2cccc(Cl)c2)[nH]c1=O. The molecule has 2 aromatic rings. The van der Waals surface area contributed by atoms with Crippen molar-refractivity contribution in [3.63, 3.8) is 0 Å². The first kappa shape index (κ1) is 10.8. The standard InChI is InChI=1S/C10H10ClN3O2/c11-6-2-1-3-7(4-6)14-10(16)8(5-12)9(15)13-14/h1-4,16H,5,12H2,(H,13,15). The Morgan fingerprint density at radius 3 is 2.81 bits per heavy atom. The molecule has 5 nitrogen and oxygen atoms in total. The van der Waals surface area contributed by atoms with Crippen LogP contribution in [0.2, 0.25) is 5.02 Å². The Morgan fingerprint density at radius 2 is 2.25 bits per heavy atom. The molecule has 1 aromatic carbocycles. The Bertz CT molecular complexity index is 574. The molecule has 0 amide bonds. The molecule has 0 bridgehead atoms. The van der Waals surface area contributed by atoms with Crippen molar-refractivity contribution in [2.75, 3.05) is 0 Å². The van der Waals surface area contributed by atoms with E-state index in [1.165, 1.54) is 4.68 Å². The molecule has 0 atom stereocenters. The van der Waals surface area contributed by atoms with Crippen molar-refractivity contribution >= 4 is 11.6 Å². The maximum atomic E-state index is 11.4. The minimum atomic E-state index is -0.403. The third-order valence-corrected chi connectivity index (χ3v) is 2.47. The van der Waals surface area contributed by atoms with Crippen LogP contribution in [0.25, 0.3) is 5.69 Å². The number of aromatic hydroxyl groups is 1. The Balaban J connectivity index is 2.61.